The number of anilines is 1. The van der Waals surface area contributed by atoms with Crippen LogP contribution < -0.4 is 5.32 Å². The molecule has 0 aliphatic heterocycles. The fourth-order valence-corrected chi connectivity index (χ4v) is 2.79. The average Bonchev–Trinajstić information content (AvgIpc) is 2.80. The second kappa shape index (κ2) is 8.03. The molecule has 6 nitrogen and oxygen atoms in total. The molecular weight excluding hydrogens is 383 g/mol. The molecule has 0 saturated carbocycles. The zero-order chi connectivity index (χ0) is 20.4. The molecule has 0 bridgehead atoms. The van der Waals surface area contributed by atoms with Crippen LogP contribution >= 0.6 is 11.8 Å². The summed E-state index contributed by atoms with van der Waals surface area (Å²) in [6, 6.07) is 4.77. The zero-order valence-electron chi connectivity index (χ0n) is 15.0. The maximum Gasteiger partial charge on any atom is 0.446 e. The number of rotatable bonds is 5. The molecule has 0 radical (unpaired) electrons. The Bertz CT molecular complexity index is 848. The number of carbonyl (C=O) groups excluding carboxylic acids is 2. The molecule has 1 aromatic heterocycles. The predicted molar refractivity (Wildman–Crippen MR) is 94.5 cm³/mol. The summed E-state index contributed by atoms with van der Waals surface area (Å²) in [7, 11) is 1.74. The van der Waals surface area contributed by atoms with Gasteiger partial charge < -0.3 is 10.1 Å². The topological polar surface area (TPSA) is 73.2 Å². The zero-order valence-corrected chi connectivity index (χ0v) is 15.9. The average molecular weight is 401 g/mol. The van der Waals surface area contributed by atoms with Gasteiger partial charge in [-0.2, -0.15) is 18.3 Å². The molecule has 10 heteroatoms. The Morgan fingerprint density at radius 1 is 1.22 bits per heavy atom. The Morgan fingerprint density at radius 2 is 1.81 bits per heavy atom. The van der Waals surface area contributed by atoms with Crippen molar-refractivity contribution in [1.29, 1.82) is 0 Å². The SMILES string of the molecule is Cc1nn(C)c(C)c1NC(=O)[C@@H](C)OC(=O)c1ccc(SC(F)(F)F)cc1. The van der Waals surface area contributed by atoms with Crippen LogP contribution in [-0.4, -0.2) is 33.3 Å². The van der Waals surface area contributed by atoms with Gasteiger partial charge in [-0.15, -0.1) is 0 Å². The van der Waals surface area contributed by atoms with Crippen molar-refractivity contribution in [3.05, 3.63) is 41.2 Å². The van der Waals surface area contributed by atoms with Gasteiger partial charge in [0.25, 0.3) is 5.91 Å². The first-order valence-corrected chi connectivity index (χ1v) is 8.67. The highest BCUT2D eigenvalue weighted by Gasteiger charge is 2.29. The van der Waals surface area contributed by atoms with Gasteiger partial charge in [0.05, 0.1) is 22.6 Å². The van der Waals surface area contributed by atoms with E-state index in [4.69, 9.17) is 4.74 Å². The van der Waals surface area contributed by atoms with Crippen LogP contribution in [0, 0.1) is 13.8 Å². The van der Waals surface area contributed by atoms with E-state index in [1.54, 1.807) is 25.6 Å². The van der Waals surface area contributed by atoms with Gasteiger partial charge in [0.15, 0.2) is 6.10 Å². The van der Waals surface area contributed by atoms with Crippen molar-refractivity contribution in [1.82, 2.24) is 9.78 Å². The highest BCUT2D eigenvalue weighted by Crippen LogP contribution is 2.36. The van der Waals surface area contributed by atoms with Gasteiger partial charge in [-0.1, -0.05) is 0 Å². The van der Waals surface area contributed by atoms with E-state index in [0.717, 1.165) is 5.69 Å². The highest BCUT2D eigenvalue weighted by atomic mass is 32.2. The van der Waals surface area contributed by atoms with Crippen LogP contribution in [0.5, 0.6) is 0 Å². The summed E-state index contributed by atoms with van der Waals surface area (Å²) in [5, 5.41) is 6.84. The molecule has 1 aromatic carbocycles. The number of aromatic nitrogens is 2. The van der Waals surface area contributed by atoms with Crippen LogP contribution in [0.1, 0.15) is 28.7 Å². The number of carbonyl (C=O) groups is 2. The van der Waals surface area contributed by atoms with E-state index in [1.165, 1.54) is 31.2 Å². The number of thioether (sulfide) groups is 1. The number of hydrogen-bond acceptors (Lipinski definition) is 5. The van der Waals surface area contributed by atoms with Crippen molar-refractivity contribution in [3.8, 4) is 0 Å². The van der Waals surface area contributed by atoms with Crippen molar-refractivity contribution < 1.29 is 27.5 Å². The lowest BCUT2D eigenvalue weighted by Crippen LogP contribution is -2.30. The summed E-state index contributed by atoms with van der Waals surface area (Å²) < 4.78 is 43.7. The normalized spacial score (nSPS) is 12.6. The quantitative estimate of drug-likeness (QED) is 0.609. The molecule has 0 fully saturated rings. The maximum atomic E-state index is 12.3. The number of nitrogens with one attached hydrogen (secondary N) is 1. The highest BCUT2D eigenvalue weighted by molar-refractivity contribution is 8.00. The van der Waals surface area contributed by atoms with Gasteiger partial charge in [-0.25, -0.2) is 4.79 Å². The third-order valence-corrected chi connectivity index (χ3v) is 4.47. The Morgan fingerprint density at radius 3 is 2.30 bits per heavy atom. The standard InChI is InChI=1S/C17H18F3N3O3S/c1-9-14(10(2)23(4)22-9)21-15(24)11(3)26-16(25)12-5-7-13(8-6-12)27-17(18,19)20/h5-8,11H,1-4H3,(H,21,24)/t11-/m1/s1. The number of benzene rings is 1. The fourth-order valence-electron chi connectivity index (χ4n) is 2.25. The van der Waals surface area contributed by atoms with Gasteiger partial charge in [-0.05, 0) is 56.8 Å². The lowest BCUT2D eigenvalue weighted by Gasteiger charge is -2.14. The lowest BCUT2D eigenvalue weighted by atomic mass is 10.2. The number of halogens is 3. The summed E-state index contributed by atoms with van der Waals surface area (Å²) in [6.07, 6.45) is -1.10. The number of hydrogen-bond donors (Lipinski definition) is 1. The molecule has 146 valence electrons. The first-order chi connectivity index (χ1) is 12.5. The van der Waals surface area contributed by atoms with E-state index in [9.17, 15) is 22.8 Å². The molecule has 1 amide bonds. The minimum absolute atomic E-state index is 0.0487. The third-order valence-electron chi connectivity index (χ3n) is 3.73. The minimum atomic E-state index is -4.41. The first-order valence-electron chi connectivity index (χ1n) is 7.86. The number of nitrogens with zero attached hydrogens (tertiary/aromatic N) is 2. The second-order valence-electron chi connectivity index (χ2n) is 5.78. The summed E-state index contributed by atoms with van der Waals surface area (Å²) in [5.41, 5.74) is -2.44. The molecule has 0 unspecified atom stereocenters. The smallest absolute Gasteiger partial charge is 0.446 e. The molecule has 0 aliphatic rings. The summed E-state index contributed by atoms with van der Waals surface area (Å²) >= 11 is -0.278. The first kappa shape index (κ1) is 20.8. The number of esters is 1. The Labute approximate surface area is 158 Å². The van der Waals surface area contributed by atoms with Crippen molar-refractivity contribution in [3.63, 3.8) is 0 Å². The number of alkyl halides is 3. The Hall–Kier alpha value is -2.49. The fraction of sp³-hybridized carbons (Fsp3) is 0.353. The van der Waals surface area contributed by atoms with Gasteiger partial charge in [0.1, 0.15) is 0 Å². The molecule has 0 spiro atoms. The van der Waals surface area contributed by atoms with Crippen LogP contribution in [0.3, 0.4) is 0 Å². The molecule has 27 heavy (non-hydrogen) atoms. The number of amides is 1. The molecule has 1 N–H and O–H groups in total. The Kier molecular flexibility index (Phi) is 6.19. The Balaban J connectivity index is 1.99. The van der Waals surface area contributed by atoms with Crippen molar-refractivity contribution in [2.45, 2.75) is 37.3 Å². The van der Waals surface area contributed by atoms with Gasteiger partial charge in [0, 0.05) is 11.9 Å². The van der Waals surface area contributed by atoms with Gasteiger partial charge in [0.2, 0.25) is 0 Å². The molecule has 0 aliphatic carbocycles. The predicted octanol–water partition coefficient (Wildman–Crippen LogP) is 3.83. The van der Waals surface area contributed by atoms with E-state index < -0.39 is 23.5 Å². The van der Waals surface area contributed by atoms with Gasteiger partial charge in [-0.3, -0.25) is 9.48 Å². The van der Waals surface area contributed by atoms with Crippen LogP contribution in [0.25, 0.3) is 0 Å². The maximum absolute atomic E-state index is 12.3. The lowest BCUT2D eigenvalue weighted by molar-refractivity contribution is -0.123. The van der Waals surface area contributed by atoms with Crippen LogP contribution in [0.4, 0.5) is 18.9 Å². The molecule has 1 atom stereocenters. The molecular formula is C17H18F3N3O3S. The van der Waals surface area contributed by atoms with E-state index >= 15 is 0 Å². The summed E-state index contributed by atoms with van der Waals surface area (Å²) in [4.78, 5) is 24.3. The monoisotopic (exact) mass is 401 g/mol. The second-order valence-corrected chi connectivity index (χ2v) is 6.92. The van der Waals surface area contributed by atoms with Gasteiger partial charge >= 0.3 is 11.5 Å². The van der Waals surface area contributed by atoms with Crippen LogP contribution in [0.15, 0.2) is 29.2 Å². The number of aryl methyl sites for hydroxylation is 2. The van der Waals surface area contributed by atoms with Crippen molar-refractivity contribution in [2.75, 3.05) is 5.32 Å². The van der Waals surface area contributed by atoms with E-state index in [0.29, 0.717) is 11.4 Å². The molecule has 1 heterocycles. The van der Waals surface area contributed by atoms with Crippen LogP contribution in [-0.2, 0) is 16.6 Å². The van der Waals surface area contributed by atoms with E-state index in [1.807, 2.05) is 0 Å². The van der Waals surface area contributed by atoms with Crippen LogP contribution in [0.2, 0.25) is 0 Å². The van der Waals surface area contributed by atoms with Crippen molar-refractivity contribution in [2.24, 2.45) is 7.05 Å². The molecule has 2 aromatic rings. The molecule has 0 saturated heterocycles. The summed E-state index contributed by atoms with van der Waals surface area (Å²) in [5.74, 6) is -1.34. The van der Waals surface area contributed by atoms with E-state index in [-0.39, 0.29) is 22.2 Å². The minimum Gasteiger partial charge on any atom is -0.449 e. The summed E-state index contributed by atoms with van der Waals surface area (Å²) in [6.45, 7) is 4.93. The van der Waals surface area contributed by atoms with Crippen molar-refractivity contribution >= 4 is 29.3 Å². The molecule has 2 rings (SSSR count). The van der Waals surface area contributed by atoms with E-state index in [2.05, 4.69) is 10.4 Å². The largest absolute Gasteiger partial charge is 0.449 e. The number of ether oxygens (including phenoxy) is 1. The third kappa shape index (κ3) is 5.49.